The Morgan fingerprint density at radius 1 is 1.11 bits per heavy atom. The van der Waals surface area contributed by atoms with Crippen molar-refractivity contribution in [3.05, 3.63) is 65.7 Å². The number of hydrogen-bond donors (Lipinski definition) is 3. The third-order valence-electron chi connectivity index (χ3n) is 4.67. The first-order chi connectivity index (χ1) is 13.2. The zero-order valence-electron chi connectivity index (χ0n) is 15.4. The highest BCUT2D eigenvalue weighted by Crippen LogP contribution is 2.16. The van der Waals surface area contributed by atoms with E-state index in [9.17, 15) is 9.59 Å². The average Bonchev–Trinajstić information content (AvgIpc) is 2.73. The van der Waals surface area contributed by atoms with Gasteiger partial charge in [0.2, 0.25) is 5.91 Å². The minimum Gasteiger partial charge on any atom is -0.497 e. The quantitative estimate of drug-likeness (QED) is 0.730. The zero-order valence-corrected chi connectivity index (χ0v) is 15.4. The van der Waals surface area contributed by atoms with E-state index in [0.717, 1.165) is 31.5 Å². The second-order valence-corrected chi connectivity index (χ2v) is 6.60. The monoisotopic (exact) mass is 367 g/mol. The number of methoxy groups -OCH3 is 1. The van der Waals surface area contributed by atoms with Crippen LogP contribution < -0.4 is 20.7 Å². The maximum absolute atomic E-state index is 12.9. The Balaban J connectivity index is 1.74. The van der Waals surface area contributed by atoms with Crippen molar-refractivity contribution in [2.24, 2.45) is 0 Å². The molecule has 3 rings (SSSR count). The fourth-order valence-corrected chi connectivity index (χ4v) is 3.16. The van der Waals surface area contributed by atoms with Gasteiger partial charge in [0.1, 0.15) is 11.8 Å². The molecule has 0 bridgehead atoms. The molecule has 1 saturated heterocycles. The SMILES string of the molecule is COc1ccc(C(=O)NC(C(=O)N[C@H]2CCCNC2)c2ccccc2)cc1. The maximum atomic E-state index is 12.9. The first-order valence-electron chi connectivity index (χ1n) is 9.18. The second-order valence-electron chi connectivity index (χ2n) is 6.60. The number of carbonyl (C=O) groups excluding carboxylic acids is 2. The molecule has 1 fully saturated rings. The van der Waals surface area contributed by atoms with E-state index in [2.05, 4.69) is 16.0 Å². The van der Waals surface area contributed by atoms with Crippen LogP contribution in [0.15, 0.2) is 54.6 Å². The van der Waals surface area contributed by atoms with Gasteiger partial charge in [-0.3, -0.25) is 9.59 Å². The summed E-state index contributed by atoms with van der Waals surface area (Å²) in [5, 5.41) is 9.20. The lowest BCUT2D eigenvalue weighted by Crippen LogP contribution is -2.49. The molecule has 1 heterocycles. The molecular weight excluding hydrogens is 342 g/mol. The van der Waals surface area contributed by atoms with Crippen molar-refractivity contribution >= 4 is 11.8 Å². The Labute approximate surface area is 159 Å². The van der Waals surface area contributed by atoms with E-state index in [-0.39, 0.29) is 17.9 Å². The summed E-state index contributed by atoms with van der Waals surface area (Å²) in [7, 11) is 1.57. The molecule has 0 spiro atoms. The number of benzene rings is 2. The van der Waals surface area contributed by atoms with Crippen LogP contribution in [0.2, 0.25) is 0 Å². The van der Waals surface area contributed by atoms with Gasteiger partial charge < -0.3 is 20.7 Å². The van der Waals surface area contributed by atoms with E-state index in [4.69, 9.17) is 4.74 Å². The summed E-state index contributed by atoms with van der Waals surface area (Å²) >= 11 is 0. The molecule has 27 heavy (non-hydrogen) atoms. The normalized spacial score (nSPS) is 17.6. The molecule has 1 unspecified atom stereocenters. The van der Waals surface area contributed by atoms with E-state index in [1.165, 1.54) is 0 Å². The Morgan fingerprint density at radius 2 is 1.85 bits per heavy atom. The molecule has 142 valence electrons. The summed E-state index contributed by atoms with van der Waals surface area (Å²) in [4.78, 5) is 25.6. The minimum absolute atomic E-state index is 0.0790. The van der Waals surface area contributed by atoms with Crippen LogP contribution in [0.5, 0.6) is 5.75 Å². The Bertz CT molecular complexity index is 756. The van der Waals surface area contributed by atoms with Gasteiger partial charge in [0.25, 0.3) is 5.91 Å². The number of hydrogen-bond acceptors (Lipinski definition) is 4. The van der Waals surface area contributed by atoms with Gasteiger partial charge in [-0.25, -0.2) is 0 Å². The second kappa shape index (κ2) is 9.19. The van der Waals surface area contributed by atoms with Crippen LogP contribution in [0.3, 0.4) is 0 Å². The molecule has 2 amide bonds. The number of amides is 2. The molecule has 0 radical (unpaired) electrons. The molecule has 2 atom stereocenters. The third kappa shape index (κ3) is 5.08. The number of piperidine rings is 1. The van der Waals surface area contributed by atoms with Crippen molar-refractivity contribution in [2.45, 2.75) is 24.9 Å². The van der Waals surface area contributed by atoms with Crippen molar-refractivity contribution in [1.82, 2.24) is 16.0 Å². The summed E-state index contributed by atoms with van der Waals surface area (Å²) in [5.41, 5.74) is 1.23. The number of carbonyl (C=O) groups is 2. The highest BCUT2D eigenvalue weighted by atomic mass is 16.5. The van der Waals surface area contributed by atoms with E-state index in [1.54, 1.807) is 31.4 Å². The summed E-state index contributed by atoms with van der Waals surface area (Å²) in [6, 6.07) is 15.4. The van der Waals surface area contributed by atoms with E-state index >= 15 is 0 Å². The number of nitrogens with one attached hydrogen (secondary N) is 3. The molecule has 1 aliphatic heterocycles. The summed E-state index contributed by atoms with van der Waals surface area (Å²) < 4.78 is 5.12. The largest absolute Gasteiger partial charge is 0.497 e. The number of rotatable bonds is 6. The summed E-state index contributed by atoms with van der Waals surface area (Å²) in [6.45, 7) is 1.72. The van der Waals surface area contributed by atoms with Crippen LogP contribution in [0.25, 0.3) is 0 Å². The van der Waals surface area contributed by atoms with Crippen LogP contribution in [-0.4, -0.2) is 38.1 Å². The van der Waals surface area contributed by atoms with Crippen molar-refractivity contribution in [3.63, 3.8) is 0 Å². The van der Waals surface area contributed by atoms with Gasteiger partial charge in [0, 0.05) is 18.2 Å². The van der Waals surface area contributed by atoms with Gasteiger partial charge in [0.05, 0.1) is 7.11 Å². The van der Waals surface area contributed by atoms with Crippen molar-refractivity contribution in [2.75, 3.05) is 20.2 Å². The Kier molecular flexibility index (Phi) is 6.44. The summed E-state index contributed by atoms with van der Waals surface area (Å²) in [6.07, 6.45) is 1.96. The highest BCUT2D eigenvalue weighted by molar-refractivity contribution is 5.98. The van der Waals surface area contributed by atoms with Crippen molar-refractivity contribution in [3.8, 4) is 5.75 Å². The predicted molar refractivity (Wildman–Crippen MR) is 104 cm³/mol. The van der Waals surface area contributed by atoms with Gasteiger partial charge in [-0.1, -0.05) is 30.3 Å². The zero-order chi connectivity index (χ0) is 19.1. The molecule has 0 aliphatic carbocycles. The molecular formula is C21H25N3O3. The van der Waals surface area contributed by atoms with Gasteiger partial charge in [0.15, 0.2) is 0 Å². The van der Waals surface area contributed by atoms with Crippen LogP contribution in [0, 0.1) is 0 Å². The van der Waals surface area contributed by atoms with Crippen molar-refractivity contribution < 1.29 is 14.3 Å². The Morgan fingerprint density at radius 3 is 2.48 bits per heavy atom. The first-order valence-corrected chi connectivity index (χ1v) is 9.18. The topological polar surface area (TPSA) is 79.5 Å². The molecule has 0 saturated carbocycles. The van der Waals surface area contributed by atoms with Gasteiger partial charge in [-0.2, -0.15) is 0 Å². The van der Waals surface area contributed by atoms with E-state index < -0.39 is 6.04 Å². The lowest BCUT2D eigenvalue weighted by Gasteiger charge is -2.27. The smallest absolute Gasteiger partial charge is 0.252 e. The van der Waals surface area contributed by atoms with Crippen LogP contribution >= 0.6 is 0 Å². The molecule has 2 aromatic carbocycles. The molecule has 3 N–H and O–H groups in total. The highest BCUT2D eigenvalue weighted by Gasteiger charge is 2.26. The fraction of sp³-hybridized carbons (Fsp3) is 0.333. The number of ether oxygens (including phenoxy) is 1. The van der Waals surface area contributed by atoms with Crippen molar-refractivity contribution in [1.29, 1.82) is 0 Å². The molecule has 2 aromatic rings. The minimum atomic E-state index is -0.747. The van der Waals surface area contributed by atoms with E-state index in [0.29, 0.717) is 11.3 Å². The summed E-state index contributed by atoms with van der Waals surface area (Å²) in [5.74, 6) is 0.175. The molecule has 6 heteroatoms. The molecule has 6 nitrogen and oxygen atoms in total. The van der Waals surface area contributed by atoms with Gasteiger partial charge in [-0.15, -0.1) is 0 Å². The van der Waals surface area contributed by atoms with Gasteiger partial charge in [-0.05, 0) is 49.2 Å². The standard InChI is InChI=1S/C21H25N3O3/c1-27-18-11-9-16(10-12-18)20(25)24-19(15-6-3-2-4-7-15)21(26)23-17-8-5-13-22-14-17/h2-4,6-7,9-12,17,19,22H,5,8,13-14H2,1H3,(H,23,26)(H,24,25)/t17-,19?/m0/s1. The average molecular weight is 367 g/mol. The Hall–Kier alpha value is -2.86. The van der Waals surface area contributed by atoms with Crippen LogP contribution in [0.1, 0.15) is 34.8 Å². The maximum Gasteiger partial charge on any atom is 0.252 e. The van der Waals surface area contributed by atoms with Crippen LogP contribution in [-0.2, 0) is 4.79 Å². The predicted octanol–water partition coefficient (Wildman–Crippen LogP) is 2.03. The molecule has 1 aliphatic rings. The molecule has 0 aromatic heterocycles. The third-order valence-corrected chi connectivity index (χ3v) is 4.67. The van der Waals surface area contributed by atoms with Gasteiger partial charge >= 0.3 is 0 Å². The van der Waals surface area contributed by atoms with E-state index in [1.807, 2.05) is 30.3 Å². The first kappa shape index (κ1) is 18.9. The lowest BCUT2D eigenvalue weighted by atomic mass is 10.0. The fourth-order valence-electron chi connectivity index (χ4n) is 3.16. The lowest BCUT2D eigenvalue weighted by molar-refractivity contribution is -0.124. The van der Waals surface area contributed by atoms with Crippen LogP contribution in [0.4, 0.5) is 0 Å².